The molecular formula is C12H15BrClNO2. The molecule has 5 heteroatoms. The molecule has 0 fully saturated rings. The van der Waals surface area contributed by atoms with Crippen molar-refractivity contribution in [2.45, 2.75) is 25.8 Å². The van der Waals surface area contributed by atoms with Gasteiger partial charge < -0.3 is 10.4 Å². The van der Waals surface area contributed by atoms with Gasteiger partial charge in [-0.3, -0.25) is 4.79 Å². The van der Waals surface area contributed by atoms with Crippen LogP contribution >= 0.6 is 27.5 Å². The lowest BCUT2D eigenvalue weighted by Crippen LogP contribution is -2.43. The molecule has 17 heavy (non-hydrogen) atoms. The maximum absolute atomic E-state index is 12.0. The van der Waals surface area contributed by atoms with Crippen LogP contribution in [0.4, 0.5) is 0 Å². The lowest BCUT2D eigenvalue weighted by Gasteiger charge is -2.25. The highest BCUT2D eigenvalue weighted by atomic mass is 79.9. The molecule has 0 unspecified atom stereocenters. The summed E-state index contributed by atoms with van der Waals surface area (Å²) in [6.45, 7) is 3.85. The number of carbonyl (C=O) groups excluding carboxylic acids is 1. The van der Waals surface area contributed by atoms with E-state index in [9.17, 15) is 9.90 Å². The van der Waals surface area contributed by atoms with E-state index in [1.807, 2.05) is 13.8 Å². The summed E-state index contributed by atoms with van der Waals surface area (Å²) in [6.07, 6.45) is 0.792. The van der Waals surface area contributed by atoms with Gasteiger partial charge in [-0.15, -0.1) is 0 Å². The smallest absolute Gasteiger partial charge is 0.255 e. The van der Waals surface area contributed by atoms with E-state index in [2.05, 4.69) is 21.2 Å². The van der Waals surface area contributed by atoms with Gasteiger partial charge in [-0.05, 0) is 38.5 Å². The molecule has 0 heterocycles. The predicted molar refractivity (Wildman–Crippen MR) is 73.1 cm³/mol. The average molecular weight is 321 g/mol. The number of amides is 1. The normalized spacial score (nSPS) is 11.3. The minimum Gasteiger partial charge on any atom is -0.507 e. The number of alkyl halides is 1. The number of hydrogen-bond donors (Lipinski definition) is 2. The van der Waals surface area contributed by atoms with Crippen molar-refractivity contribution in [1.82, 2.24) is 5.32 Å². The molecule has 1 aromatic rings. The lowest BCUT2D eigenvalue weighted by molar-refractivity contribution is 0.0909. The molecule has 2 N–H and O–H groups in total. The van der Waals surface area contributed by atoms with Crippen molar-refractivity contribution in [3.63, 3.8) is 0 Å². The summed E-state index contributed by atoms with van der Waals surface area (Å²) in [4.78, 5) is 12.0. The third kappa shape index (κ3) is 4.21. The Bertz CT molecular complexity index is 421. The van der Waals surface area contributed by atoms with E-state index in [1.165, 1.54) is 18.2 Å². The first-order chi connectivity index (χ1) is 7.85. The molecule has 0 radical (unpaired) electrons. The molecule has 0 aromatic heterocycles. The molecule has 0 spiro atoms. The summed E-state index contributed by atoms with van der Waals surface area (Å²) in [5.74, 6) is -0.391. The van der Waals surface area contributed by atoms with Crippen LogP contribution in [0.1, 0.15) is 30.6 Å². The molecule has 3 nitrogen and oxygen atoms in total. The van der Waals surface area contributed by atoms with E-state index in [0.29, 0.717) is 5.02 Å². The number of phenols is 1. The summed E-state index contributed by atoms with van der Waals surface area (Å²) < 4.78 is 0. The topological polar surface area (TPSA) is 49.3 Å². The van der Waals surface area contributed by atoms with Crippen LogP contribution in [0, 0.1) is 0 Å². The lowest BCUT2D eigenvalue weighted by atomic mass is 10.0. The van der Waals surface area contributed by atoms with Crippen molar-refractivity contribution in [3.8, 4) is 5.75 Å². The zero-order chi connectivity index (χ0) is 13.1. The largest absolute Gasteiger partial charge is 0.507 e. The van der Waals surface area contributed by atoms with Crippen molar-refractivity contribution in [2.75, 3.05) is 5.33 Å². The van der Waals surface area contributed by atoms with Crippen LogP contribution in [0.2, 0.25) is 5.02 Å². The third-order valence-corrected chi connectivity index (χ3v) is 3.01. The van der Waals surface area contributed by atoms with Crippen LogP contribution in [-0.2, 0) is 0 Å². The highest BCUT2D eigenvalue weighted by molar-refractivity contribution is 9.09. The number of rotatable bonds is 4. The number of benzene rings is 1. The average Bonchev–Trinajstić information content (AvgIpc) is 2.20. The number of nitrogens with one attached hydrogen (secondary N) is 1. The summed E-state index contributed by atoms with van der Waals surface area (Å²) >= 11 is 9.13. The Balaban J connectivity index is 2.86. The Hall–Kier alpha value is -0.740. The van der Waals surface area contributed by atoms with Gasteiger partial charge in [0, 0.05) is 15.9 Å². The first-order valence-electron chi connectivity index (χ1n) is 5.23. The first-order valence-corrected chi connectivity index (χ1v) is 6.72. The Kier molecular flexibility index (Phi) is 4.83. The molecular weight excluding hydrogens is 305 g/mol. The van der Waals surface area contributed by atoms with Crippen molar-refractivity contribution < 1.29 is 9.90 Å². The fraction of sp³-hybridized carbons (Fsp3) is 0.417. The van der Waals surface area contributed by atoms with Gasteiger partial charge in [0.15, 0.2) is 0 Å². The van der Waals surface area contributed by atoms with Crippen LogP contribution in [0.15, 0.2) is 18.2 Å². The fourth-order valence-electron chi connectivity index (χ4n) is 1.36. The number of hydrogen-bond acceptors (Lipinski definition) is 2. The molecule has 0 aliphatic carbocycles. The number of aromatic hydroxyl groups is 1. The van der Waals surface area contributed by atoms with Gasteiger partial charge >= 0.3 is 0 Å². The number of halogens is 2. The van der Waals surface area contributed by atoms with E-state index in [0.717, 1.165) is 11.8 Å². The Morgan fingerprint density at radius 1 is 1.53 bits per heavy atom. The molecule has 94 valence electrons. The maximum Gasteiger partial charge on any atom is 0.255 e. The minimum absolute atomic E-state index is 0.0680. The predicted octanol–water partition coefficient (Wildman–Crippen LogP) is 3.34. The second-order valence-corrected chi connectivity index (χ2v) is 5.67. The molecule has 0 atom stereocenters. The van der Waals surface area contributed by atoms with Crippen molar-refractivity contribution >= 4 is 33.4 Å². The van der Waals surface area contributed by atoms with Gasteiger partial charge in [-0.25, -0.2) is 0 Å². The van der Waals surface area contributed by atoms with Crippen molar-refractivity contribution in [1.29, 1.82) is 0 Å². The van der Waals surface area contributed by atoms with Crippen molar-refractivity contribution in [3.05, 3.63) is 28.8 Å². The van der Waals surface area contributed by atoms with Gasteiger partial charge in [0.1, 0.15) is 5.75 Å². The second kappa shape index (κ2) is 5.74. The quantitative estimate of drug-likeness (QED) is 0.836. The third-order valence-electron chi connectivity index (χ3n) is 2.37. The van der Waals surface area contributed by atoms with E-state index >= 15 is 0 Å². The number of carbonyl (C=O) groups is 1. The monoisotopic (exact) mass is 319 g/mol. The van der Waals surface area contributed by atoms with E-state index in [-0.39, 0.29) is 22.8 Å². The van der Waals surface area contributed by atoms with Crippen LogP contribution in [0.5, 0.6) is 5.75 Å². The molecule has 0 bridgehead atoms. The zero-order valence-electron chi connectivity index (χ0n) is 9.76. The molecule has 1 rings (SSSR count). The van der Waals surface area contributed by atoms with E-state index in [1.54, 1.807) is 0 Å². The molecule has 1 aromatic carbocycles. The van der Waals surface area contributed by atoms with Crippen LogP contribution in [-0.4, -0.2) is 21.9 Å². The van der Waals surface area contributed by atoms with Gasteiger partial charge in [0.2, 0.25) is 0 Å². The van der Waals surface area contributed by atoms with Crippen molar-refractivity contribution in [2.24, 2.45) is 0 Å². The summed E-state index contributed by atoms with van der Waals surface area (Å²) in [7, 11) is 0. The number of phenolic OH excluding ortho intramolecular Hbond substituents is 1. The highest BCUT2D eigenvalue weighted by Crippen LogP contribution is 2.22. The van der Waals surface area contributed by atoms with Gasteiger partial charge in [-0.2, -0.15) is 0 Å². The highest BCUT2D eigenvalue weighted by Gasteiger charge is 2.22. The second-order valence-electron chi connectivity index (χ2n) is 4.44. The maximum atomic E-state index is 12.0. The van der Waals surface area contributed by atoms with Gasteiger partial charge in [-0.1, -0.05) is 27.5 Å². The molecule has 0 aliphatic heterocycles. The Labute approximate surface area is 114 Å². The van der Waals surface area contributed by atoms with Crippen LogP contribution in [0.25, 0.3) is 0 Å². The standard InChI is InChI=1S/C12H15BrClNO2/c1-12(2,5-6-13)15-11(17)9-7-8(14)3-4-10(9)16/h3-4,7,16H,5-6H2,1-2H3,(H,15,17). The summed E-state index contributed by atoms with van der Waals surface area (Å²) in [6, 6.07) is 4.41. The minimum atomic E-state index is -0.338. The van der Waals surface area contributed by atoms with Gasteiger partial charge in [0.05, 0.1) is 5.56 Å². The summed E-state index contributed by atoms with van der Waals surface area (Å²) in [5, 5.41) is 13.7. The van der Waals surface area contributed by atoms with Gasteiger partial charge in [0.25, 0.3) is 5.91 Å². The van der Waals surface area contributed by atoms with E-state index in [4.69, 9.17) is 11.6 Å². The SMILES string of the molecule is CC(C)(CCBr)NC(=O)c1cc(Cl)ccc1O. The Morgan fingerprint density at radius 2 is 2.18 bits per heavy atom. The molecule has 0 saturated heterocycles. The van der Waals surface area contributed by atoms with Crippen LogP contribution in [0.3, 0.4) is 0 Å². The van der Waals surface area contributed by atoms with E-state index < -0.39 is 0 Å². The molecule has 1 amide bonds. The fourth-order valence-corrected chi connectivity index (χ4v) is 2.53. The first kappa shape index (κ1) is 14.3. The molecule has 0 saturated carbocycles. The Morgan fingerprint density at radius 3 is 2.76 bits per heavy atom. The van der Waals surface area contributed by atoms with Crippen LogP contribution < -0.4 is 5.32 Å². The summed E-state index contributed by atoms with van der Waals surface area (Å²) in [5.41, 5.74) is -0.143. The molecule has 0 aliphatic rings. The zero-order valence-corrected chi connectivity index (χ0v) is 12.1.